The summed E-state index contributed by atoms with van der Waals surface area (Å²) in [5.41, 5.74) is 1.12. The Kier molecular flexibility index (Phi) is 3.52. The van der Waals surface area contributed by atoms with Crippen LogP contribution in [0.15, 0.2) is 29.2 Å². The first-order valence-corrected chi connectivity index (χ1v) is 6.68. The van der Waals surface area contributed by atoms with Gasteiger partial charge >= 0.3 is 0 Å². The highest BCUT2D eigenvalue weighted by molar-refractivity contribution is 7.90. The normalized spacial score (nSPS) is 14.2. The second-order valence-corrected chi connectivity index (χ2v) is 6.00. The van der Waals surface area contributed by atoms with Crippen LogP contribution in [-0.4, -0.2) is 33.7 Å². The van der Waals surface area contributed by atoms with Crippen molar-refractivity contribution in [1.29, 1.82) is 0 Å². The number of nitrogens with zero attached hydrogens (tertiary/aromatic N) is 1. The molecule has 0 amide bonds. The molecule has 1 aromatic rings. The second kappa shape index (κ2) is 4.33. The van der Waals surface area contributed by atoms with Crippen LogP contribution in [0.25, 0.3) is 0 Å². The van der Waals surface area contributed by atoms with Crippen molar-refractivity contribution < 1.29 is 8.42 Å². The zero-order valence-electron chi connectivity index (χ0n) is 9.56. The summed E-state index contributed by atoms with van der Waals surface area (Å²) in [4.78, 5) is 2.45. The molecule has 0 radical (unpaired) electrons. The highest BCUT2D eigenvalue weighted by Gasteiger charge is 2.10. The molecule has 0 aromatic heterocycles. The summed E-state index contributed by atoms with van der Waals surface area (Å²) in [5.74, 6) is 0. The van der Waals surface area contributed by atoms with E-state index in [0.29, 0.717) is 10.9 Å². The van der Waals surface area contributed by atoms with Crippen LogP contribution < -0.4 is 0 Å². The molecule has 0 heterocycles. The quantitative estimate of drug-likeness (QED) is 0.789. The van der Waals surface area contributed by atoms with Gasteiger partial charge in [0.1, 0.15) is 0 Å². The lowest BCUT2D eigenvalue weighted by molar-refractivity contribution is 0.321. The van der Waals surface area contributed by atoms with E-state index >= 15 is 0 Å². The maximum atomic E-state index is 11.2. The van der Waals surface area contributed by atoms with Crippen molar-refractivity contribution in [3.63, 3.8) is 0 Å². The van der Waals surface area contributed by atoms with E-state index in [2.05, 4.69) is 11.8 Å². The molecular formula is C11H17NO2S. The molecule has 1 aromatic carbocycles. The molecule has 1 atom stereocenters. The third kappa shape index (κ3) is 3.04. The van der Waals surface area contributed by atoms with Crippen LogP contribution in [0.2, 0.25) is 0 Å². The molecule has 0 aliphatic rings. The summed E-state index contributed by atoms with van der Waals surface area (Å²) in [7, 11) is 0.911. The van der Waals surface area contributed by atoms with Crippen molar-refractivity contribution in [3.05, 3.63) is 29.8 Å². The molecule has 0 bridgehead atoms. The van der Waals surface area contributed by atoms with Gasteiger partial charge in [-0.25, -0.2) is 8.42 Å². The van der Waals surface area contributed by atoms with E-state index in [4.69, 9.17) is 0 Å². The van der Waals surface area contributed by atoms with E-state index in [1.807, 2.05) is 26.2 Å². The van der Waals surface area contributed by atoms with Gasteiger partial charge < -0.3 is 4.90 Å². The highest BCUT2D eigenvalue weighted by atomic mass is 32.2. The maximum absolute atomic E-state index is 11.2. The van der Waals surface area contributed by atoms with E-state index in [1.54, 1.807) is 12.1 Å². The molecule has 0 N–H and O–H groups in total. The molecule has 0 saturated carbocycles. The Hall–Kier alpha value is -0.870. The van der Waals surface area contributed by atoms with Crippen LogP contribution in [0.3, 0.4) is 0 Å². The van der Waals surface area contributed by atoms with Crippen molar-refractivity contribution in [1.82, 2.24) is 4.90 Å². The molecule has 0 saturated heterocycles. The summed E-state index contributed by atoms with van der Waals surface area (Å²) in [5, 5.41) is 0. The van der Waals surface area contributed by atoms with Gasteiger partial charge in [0.25, 0.3) is 0 Å². The fourth-order valence-electron chi connectivity index (χ4n) is 1.29. The smallest absolute Gasteiger partial charge is 0.175 e. The van der Waals surface area contributed by atoms with E-state index in [9.17, 15) is 8.42 Å². The molecule has 0 spiro atoms. The predicted octanol–water partition coefficient (Wildman–Crippen LogP) is 1.71. The first-order chi connectivity index (χ1) is 6.82. The highest BCUT2D eigenvalue weighted by Crippen LogP contribution is 2.19. The third-order valence-electron chi connectivity index (χ3n) is 2.57. The van der Waals surface area contributed by atoms with E-state index in [-0.39, 0.29) is 0 Å². The number of rotatable bonds is 3. The fraction of sp³-hybridized carbons (Fsp3) is 0.455. The molecule has 3 nitrogen and oxygen atoms in total. The van der Waals surface area contributed by atoms with Crippen molar-refractivity contribution in [3.8, 4) is 0 Å². The Balaban J connectivity index is 3.01. The Morgan fingerprint density at radius 3 is 1.93 bits per heavy atom. The van der Waals surface area contributed by atoms with E-state index in [1.165, 1.54) is 6.26 Å². The van der Waals surface area contributed by atoms with Gasteiger partial charge in [-0.2, -0.15) is 0 Å². The minimum absolute atomic E-state index is 0.290. The SMILES string of the molecule is CC(c1ccc(S(C)(=O)=O)cc1)N(C)C. The van der Waals surface area contributed by atoms with E-state index in [0.717, 1.165) is 5.56 Å². The van der Waals surface area contributed by atoms with E-state index < -0.39 is 9.84 Å². The van der Waals surface area contributed by atoms with Crippen molar-refractivity contribution in [2.45, 2.75) is 17.9 Å². The largest absolute Gasteiger partial charge is 0.303 e. The zero-order chi connectivity index (χ0) is 11.6. The van der Waals surface area contributed by atoms with Gasteiger partial charge in [-0.05, 0) is 38.7 Å². The standard InChI is InChI=1S/C11H17NO2S/c1-9(12(2)3)10-5-7-11(8-6-10)15(4,13)14/h5-9H,1-4H3. The van der Waals surface area contributed by atoms with Gasteiger partial charge in [0.05, 0.1) is 4.90 Å². The first-order valence-electron chi connectivity index (χ1n) is 4.79. The minimum Gasteiger partial charge on any atom is -0.303 e. The Morgan fingerprint density at radius 1 is 1.13 bits per heavy atom. The molecule has 15 heavy (non-hydrogen) atoms. The molecule has 1 unspecified atom stereocenters. The molecule has 0 aliphatic carbocycles. The molecule has 1 rings (SSSR count). The second-order valence-electron chi connectivity index (χ2n) is 3.98. The summed E-state index contributed by atoms with van der Waals surface area (Å²) < 4.78 is 22.5. The van der Waals surface area contributed by atoms with Crippen LogP contribution in [0.1, 0.15) is 18.5 Å². The summed E-state index contributed by atoms with van der Waals surface area (Å²) in [6.45, 7) is 2.08. The first kappa shape index (κ1) is 12.2. The number of benzene rings is 1. The topological polar surface area (TPSA) is 37.4 Å². The zero-order valence-corrected chi connectivity index (χ0v) is 10.4. The Morgan fingerprint density at radius 2 is 1.60 bits per heavy atom. The lowest BCUT2D eigenvalue weighted by atomic mass is 10.1. The number of sulfone groups is 1. The van der Waals surface area contributed by atoms with Crippen LogP contribution in [0.4, 0.5) is 0 Å². The molecule has 4 heteroatoms. The number of hydrogen-bond donors (Lipinski definition) is 0. The van der Waals surface area contributed by atoms with Gasteiger partial charge in [-0.15, -0.1) is 0 Å². The van der Waals surface area contributed by atoms with Crippen LogP contribution >= 0.6 is 0 Å². The van der Waals surface area contributed by atoms with Crippen molar-refractivity contribution >= 4 is 9.84 Å². The van der Waals surface area contributed by atoms with Crippen molar-refractivity contribution in [2.75, 3.05) is 20.4 Å². The van der Waals surface area contributed by atoms with Crippen LogP contribution in [0, 0.1) is 0 Å². The van der Waals surface area contributed by atoms with Gasteiger partial charge in [-0.3, -0.25) is 0 Å². The molecule has 0 fully saturated rings. The summed E-state index contributed by atoms with van der Waals surface area (Å²) in [6, 6.07) is 7.33. The Bertz CT molecular complexity index is 420. The summed E-state index contributed by atoms with van der Waals surface area (Å²) >= 11 is 0. The number of hydrogen-bond acceptors (Lipinski definition) is 3. The fourth-order valence-corrected chi connectivity index (χ4v) is 1.92. The van der Waals surface area contributed by atoms with Crippen LogP contribution in [0.5, 0.6) is 0 Å². The summed E-state index contributed by atoms with van der Waals surface area (Å²) in [6.07, 6.45) is 1.22. The predicted molar refractivity (Wildman–Crippen MR) is 61.7 cm³/mol. The average Bonchev–Trinajstić information content (AvgIpc) is 2.15. The lowest BCUT2D eigenvalue weighted by Gasteiger charge is -2.20. The Labute approximate surface area is 91.6 Å². The molecule has 84 valence electrons. The van der Waals surface area contributed by atoms with Gasteiger partial charge in [-0.1, -0.05) is 12.1 Å². The van der Waals surface area contributed by atoms with Gasteiger partial charge in [0.2, 0.25) is 0 Å². The van der Waals surface area contributed by atoms with Gasteiger partial charge in [0.15, 0.2) is 9.84 Å². The maximum Gasteiger partial charge on any atom is 0.175 e. The molecule has 0 aliphatic heterocycles. The van der Waals surface area contributed by atoms with Gasteiger partial charge in [0, 0.05) is 12.3 Å². The monoisotopic (exact) mass is 227 g/mol. The minimum atomic E-state index is -3.08. The van der Waals surface area contributed by atoms with Crippen LogP contribution in [-0.2, 0) is 9.84 Å². The average molecular weight is 227 g/mol. The third-order valence-corrected chi connectivity index (χ3v) is 3.69. The molecular weight excluding hydrogens is 210 g/mol. The van der Waals surface area contributed by atoms with Crippen molar-refractivity contribution in [2.24, 2.45) is 0 Å². The lowest BCUT2D eigenvalue weighted by Crippen LogP contribution is -2.16.